The first kappa shape index (κ1) is 21.5. The second kappa shape index (κ2) is 7.22. The first-order valence-corrected chi connectivity index (χ1v) is 8.13. The van der Waals surface area contributed by atoms with E-state index >= 15 is 0 Å². The van der Waals surface area contributed by atoms with Crippen molar-refractivity contribution in [3.63, 3.8) is 0 Å². The molecule has 0 aliphatic carbocycles. The summed E-state index contributed by atoms with van der Waals surface area (Å²) in [4.78, 5) is 15.1. The molecule has 0 bridgehead atoms. The third-order valence-corrected chi connectivity index (χ3v) is 4.26. The predicted octanol–water partition coefficient (Wildman–Crippen LogP) is 4.94. The Kier molecular flexibility index (Phi) is 5.17. The van der Waals surface area contributed by atoms with E-state index < -0.39 is 46.8 Å². The summed E-state index contributed by atoms with van der Waals surface area (Å²) in [5.74, 6) is -3.59. The van der Waals surface area contributed by atoms with Gasteiger partial charge in [0.2, 0.25) is 0 Å². The van der Waals surface area contributed by atoms with Gasteiger partial charge in [-0.3, -0.25) is 4.79 Å². The number of alkyl halides is 6. The highest BCUT2D eigenvalue weighted by atomic mass is 19.4. The fourth-order valence-corrected chi connectivity index (χ4v) is 2.78. The molecule has 0 spiro atoms. The van der Waals surface area contributed by atoms with E-state index in [4.69, 9.17) is 0 Å². The van der Waals surface area contributed by atoms with Crippen LogP contribution in [0.4, 0.5) is 35.1 Å². The van der Waals surface area contributed by atoms with E-state index in [1.165, 1.54) is 0 Å². The van der Waals surface area contributed by atoms with E-state index in [-0.39, 0.29) is 17.2 Å². The molecule has 1 aliphatic rings. The molecule has 0 unspecified atom stereocenters. The van der Waals surface area contributed by atoms with Crippen molar-refractivity contribution in [3.05, 3.63) is 83.1 Å². The van der Waals surface area contributed by atoms with Gasteiger partial charge < -0.3 is 5.32 Å². The summed E-state index contributed by atoms with van der Waals surface area (Å²) in [6.07, 6.45) is -11.8. The lowest BCUT2D eigenvalue weighted by Crippen LogP contribution is -2.56. The average molecular weight is 434 g/mol. The number of hydrogen-bond acceptors (Lipinski definition) is 3. The van der Waals surface area contributed by atoms with Crippen LogP contribution in [-0.2, 0) is 0 Å². The Morgan fingerprint density at radius 2 is 1.30 bits per heavy atom. The second-order valence-electron chi connectivity index (χ2n) is 6.23. The number of amidine groups is 1. The van der Waals surface area contributed by atoms with Crippen LogP contribution in [0.3, 0.4) is 0 Å². The number of benzene rings is 2. The first-order chi connectivity index (χ1) is 13.8. The molecule has 3 nitrogen and oxygen atoms in total. The molecule has 0 radical (unpaired) electrons. The first-order valence-electron chi connectivity index (χ1n) is 8.13. The van der Waals surface area contributed by atoms with Gasteiger partial charge in [-0.15, -0.1) is 0 Å². The largest absolute Gasteiger partial charge is 0.428 e. The van der Waals surface area contributed by atoms with Gasteiger partial charge in [-0.25, -0.2) is 13.8 Å². The van der Waals surface area contributed by atoms with E-state index in [9.17, 15) is 39.9 Å². The van der Waals surface area contributed by atoms with Crippen molar-refractivity contribution in [2.24, 2.45) is 4.99 Å². The average Bonchev–Trinajstić information content (AvgIpc) is 3.03. The van der Waals surface area contributed by atoms with Gasteiger partial charge in [0.1, 0.15) is 17.5 Å². The van der Waals surface area contributed by atoms with Crippen LogP contribution >= 0.6 is 0 Å². The monoisotopic (exact) mass is 434 g/mol. The van der Waals surface area contributed by atoms with E-state index in [1.807, 2.05) is 5.32 Å². The van der Waals surface area contributed by atoms with Crippen LogP contribution in [-0.4, -0.2) is 29.5 Å². The summed E-state index contributed by atoms with van der Waals surface area (Å²) in [5, 5.41) is 1.90. The molecule has 0 aromatic heterocycles. The van der Waals surface area contributed by atoms with E-state index in [2.05, 4.69) is 4.99 Å². The van der Waals surface area contributed by atoms with Crippen molar-refractivity contribution in [2.45, 2.75) is 17.9 Å². The minimum absolute atomic E-state index is 0.119. The molecule has 0 fully saturated rings. The van der Waals surface area contributed by atoms with E-state index in [0.29, 0.717) is 0 Å². The Labute approximate surface area is 163 Å². The second-order valence-corrected chi connectivity index (χ2v) is 6.23. The molecule has 11 heteroatoms. The molecule has 30 heavy (non-hydrogen) atoms. The Balaban J connectivity index is 2.16. The van der Waals surface area contributed by atoms with Crippen molar-refractivity contribution in [1.29, 1.82) is 0 Å². The summed E-state index contributed by atoms with van der Waals surface area (Å²) < 4.78 is 108. The Hall–Kier alpha value is -3.24. The zero-order valence-corrected chi connectivity index (χ0v) is 14.6. The number of halogens is 8. The summed E-state index contributed by atoms with van der Waals surface area (Å²) >= 11 is 0. The molecule has 158 valence electrons. The van der Waals surface area contributed by atoms with Gasteiger partial charge in [0, 0.05) is 17.2 Å². The standard InChI is InChI=1S/C19H10F8N2O/c20-12-5-1-10(2-6-12)14(30)9-15-17(18(22,23)24,19(25,26)27)29-16(28-15)11-3-7-13(21)8-4-11/h1-9H,(H,28,29). The highest BCUT2D eigenvalue weighted by Gasteiger charge is 2.75. The number of carbonyl (C=O) groups is 1. The van der Waals surface area contributed by atoms with Crippen LogP contribution < -0.4 is 5.32 Å². The molecule has 0 atom stereocenters. The quantitative estimate of drug-likeness (QED) is 0.422. The van der Waals surface area contributed by atoms with Crippen LogP contribution in [0, 0.1) is 11.6 Å². The lowest BCUT2D eigenvalue weighted by molar-refractivity contribution is -0.281. The van der Waals surface area contributed by atoms with Crippen LogP contribution in [0.5, 0.6) is 0 Å². The summed E-state index contributed by atoms with van der Waals surface area (Å²) in [6.45, 7) is 0. The molecular formula is C19H10F8N2O. The summed E-state index contributed by atoms with van der Waals surface area (Å²) in [5.41, 5.74) is -6.90. The Bertz CT molecular complexity index is 1000. The van der Waals surface area contributed by atoms with Crippen molar-refractivity contribution < 1.29 is 39.9 Å². The number of rotatable bonds is 3. The highest BCUT2D eigenvalue weighted by Crippen LogP contribution is 2.52. The van der Waals surface area contributed by atoms with Crippen LogP contribution in [0.1, 0.15) is 15.9 Å². The molecule has 1 heterocycles. The zero-order chi connectivity index (χ0) is 22.3. The van der Waals surface area contributed by atoms with Gasteiger partial charge in [0.25, 0.3) is 5.54 Å². The molecule has 2 aromatic carbocycles. The third kappa shape index (κ3) is 3.66. The number of ketones is 1. The molecule has 2 aromatic rings. The third-order valence-electron chi connectivity index (χ3n) is 4.26. The number of aliphatic imine (C=N–C) groups is 1. The predicted molar refractivity (Wildman–Crippen MR) is 89.7 cm³/mol. The van der Waals surface area contributed by atoms with Crippen LogP contribution in [0.25, 0.3) is 0 Å². The van der Waals surface area contributed by atoms with Crippen molar-refractivity contribution in [2.75, 3.05) is 0 Å². The summed E-state index contributed by atoms with van der Waals surface area (Å²) in [7, 11) is 0. The number of hydrogen-bond donors (Lipinski definition) is 1. The summed E-state index contributed by atoms with van der Waals surface area (Å²) in [6, 6.07) is 7.00. The van der Waals surface area contributed by atoms with Crippen molar-refractivity contribution >= 4 is 11.6 Å². The molecule has 0 saturated heterocycles. The Morgan fingerprint density at radius 1 is 0.833 bits per heavy atom. The van der Waals surface area contributed by atoms with Gasteiger partial charge >= 0.3 is 12.4 Å². The lowest BCUT2D eigenvalue weighted by atomic mass is 9.93. The minimum atomic E-state index is -5.96. The van der Waals surface area contributed by atoms with Gasteiger partial charge in [-0.2, -0.15) is 26.3 Å². The van der Waals surface area contributed by atoms with Crippen LogP contribution in [0.15, 0.2) is 65.3 Å². The maximum Gasteiger partial charge on any atom is 0.428 e. The van der Waals surface area contributed by atoms with Gasteiger partial charge in [0.05, 0.1) is 5.70 Å². The lowest BCUT2D eigenvalue weighted by Gasteiger charge is -2.31. The number of nitrogens with zero attached hydrogens (tertiary/aromatic N) is 1. The molecule has 0 saturated carbocycles. The maximum absolute atomic E-state index is 13.7. The molecule has 1 N–H and O–H groups in total. The smallest absolute Gasteiger partial charge is 0.341 e. The highest BCUT2D eigenvalue weighted by molar-refractivity contribution is 6.08. The number of allylic oxidation sites excluding steroid dienone is 1. The molecule has 0 amide bonds. The molecular weight excluding hydrogens is 424 g/mol. The van der Waals surface area contributed by atoms with E-state index in [1.54, 1.807) is 0 Å². The van der Waals surface area contributed by atoms with Crippen LogP contribution in [0.2, 0.25) is 0 Å². The van der Waals surface area contributed by atoms with Gasteiger partial charge in [0.15, 0.2) is 5.78 Å². The zero-order valence-electron chi connectivity index (χ0n) is 14.6. The SMILES string of the molecule is O=C(C=C1NC(c2ccc(F)cc2)=NC1(C(F)(F)F)C(F)(F)F)c1ccc(F)cc1. The number of carbonyl (C=O) groups excluding carboxylic acids is 1. The molecule has 3 rings (SSSR count). The minimum Gasteiger partial charge on any atom is -0.341 e. The fraction of sp³-hybridized carbons (Fsp3) is 0.158. The maximum atomic E-state index is 13.7. The molecule has 1 aliphatic heterocycles. The number of nitrogens with one attached hydrogen (secondary N) is 1. The van der Waals surface area contributed by atoms with Gasteiger partial charge in [-0.05, 0) is 48.5 Å². The van der Waals surface area contributed by atoms with Gasteiger partial charge in [-0.1, -0.05) is 0 Å². The Morgan fingerprint density at radius 3 is 1.77 bits per heavy atom. The van der Waals surface area contributed by atoms with Crippen molar-refractivity contribution in [1.82, 2.24) is 5.32 Å². The fourth-order valence-electron chi connectivity index (χ4n) is 2.78. The topological polar surface area (TPSA) is 41.5 Å². The van der Waals surface area contributed by atoms with E-state index in [0.717, 1.165) is 48.5 Å². The normalized spacial score (nSPS) is 17.6. The van der Waals surface area contributed by atoms with Crippen molar-refractivity contribution in [3.8, 4) is 0 Å².